The van der Waals surface area contributed by atoms with E-state index in [0.29, 0.717) is 19.0 Å². The van der Waals surface area contributed by atoms with Crippen LogP contribution in [0.5, 0.6) is 0 Å². The summed E-state index contributed by atoms with van der Waals surface area (Å²) in [4.78, 5) is 25.3. The Bertz CT molecular complexity index is 901. The molecule has 148 valence electrons. The number of halogens is 2. The molecule has 1 amide bonds. The van der Waals surface area contributed by atoms with Crippen molar-refractivity contribution in [3.05, 3.63) is 30.7 Å². The standard InChI is InChI=1S/C19H22F2N6O/c1-25-7-5-12(9-25)23-18-22-6-4-16(24-18)26-10-13-2-3-14(11-26)27(13)17(28)15-8-19(15,20)21/h4-7,9,13-15H,2-3,8,10-11H2,1H3,(H,22,23,24)/t13-,14+,15-/m0/s1. The van der Waals surface area contributed by atoms with E-state index in [1.165, 1.54) is 0 Å². The molecule has 2 aromatic rings. The predicted molar refractivity (Wildman–Crippen MR) is 99.7 cm³/mol. The summed E-state index contributed by atoms with van der Waals surface area (Å²) in [5, 5.41) is 3.18. The van der Waals surface area contributed by atoms with Crippen molar-refractivity contribution >= 4 is 23.4 Å². The molecule has 4 heterocycles. The van der Waals surface area contributed by atoms with Gasteiger partial charge in [-0.2, -0.15) is 4.98 Å². The number of nitrogens with zero attached hydrogens (tertiary/aromatic N) is 5. The molecule has 9 heteroatoms. The summed E-state index contributed by atoms with van der Waals surface area (Å²) in [7, 11) is 1.94. The second-order valence-electron chi connectivity index (χ2n) is 7.98. The average Bonchev–Trinajstić information content (AvgIpc) is 2.96. The molecule has 1 saturated carbocycles. The molecule has 7 nitrogen and oxygen atoms in total. The van der Waals surface area contributed by atoms with Crippen molar-refractivity contribution in [1.82, 2.24) is 19.4 Å². The maximum Gasteiger partial charge on any atom is 0.260 e. The predicted octanol–water partition coefficient (Wildman–Crippen LogP) is 2.39. The van der Waals surface area contributed by atoms with Gasteiger partial charge in [-0.25, -0.2) is 13.8 Å². The minimum atomic E-state index is -2.81. The first-order valence-electron chi connectivity index (χ1n) is 9.58. The molecule has 3 fully saturated rings. The number of hydrogen-bond acceptors (Lipinski definition) is 5. The lowest BCUT2D eigenvalue weighted by Gasteiger charge is -2.41. The molecule has 2 saturated heterocycles. The molecule has 28 heavy (non-hydrogen) atoms. The topological polar surface area (TPSA) is 66.3 Å². The van der Waals surface area contributed by atoms with Gasteiger partial charge in [-0.3, -0.25) is 4.79 Å². The summed E-state index contributed by atoms with van der Waals surface area (Å²) in [5.41, 5.74) is 0.903. The Balaban J connectivity index is 1.30. The fourth-order valence-electron chi connectivity index (χ4n) is 4.40. The number of carbonyl (C=O) groups excluding carboxylic acids is 1. The number of rotatable bonds is 4. The molecule has 0 spiro atoms. The summed E-state index contributed by atoms with van der Waals surface area (Å²) in [6, 6.07) is 3.74. The van der Waals surface area contributed by atoms with Crippen molar-refractivity contribution in [2.45, 2.75) is 37.3 Å². The molecule has 5 rings (SSSR count). The van der Waals surface area contributed by atoms with Gasteiger partial charge in [0.05, 0.1) is 5.69 Å². The van der Waals surface area contributed by atoms with Crippen LogP contribution in [0.2, 0.25) is 0 Å². The van der Waals surface area contributed by atoms with Crippen molar-refractivity contribution in [1.29, 1.82) is 0 Å². The van der Waals surface area contributed by atoms with E-state index in [9.17, 15) is 13.6 Å². The van der Waals surface area contributed by atoms with Gasteiger partial charge in [0.2, 0.25) is 11.9 Å². The quantitative estimate of drug-likeness (QED) is 0.871. The second kappa shape index (κ2) is 6.15. The van der Waals surface area contributed by atoms with Crippen molar-refractivity contribution < 1.29 is 13.6 Å². The van der Waals surface area contributed by atoms with Gasteiger partial charge in [0.25, 0.3) is 5.92 Å². The van der Waals surface area contributed by atoms with E-state index >= 15 is 0 Å². The zero-order valence-electron chi connectivity index (χ0n) is 15.6. The molecule has 2 aliphatic heterocycles. The van der Waals surface area contributed by atoms with E-state index in [0.717, 1.165) is 24.3 Å². The normalized spacial score (nSPS) is 27.8. The van der Waals surface area contributed by atoms with Crippen LogP contribution in [-0.2, 0) is 11.8 Å². The number of alkyl halides is 2. The molecule has 0 radical (unpaired) electrons. The van der Waals surface area contributed by atoms with Gasteiger partial charge in [0.15, 0.2) is 0 Å². The highest BCUT2D eigenvalue weighted by atomic mass is 19.3. The molecule has 2 aromatic heterocycles. The Kier molecular flexibility index (Phi) is 3.82. The number of aryl methyl sites for hydroxylation is 1. The largest absolute Gasteiger partial charge is 0.355 e. The van der Waals surface area contributed by atoms with Crippen LogP contribution in [0.4, 0.5) is 26.2 Å². The molecular weight excluding hydrogens is 366 g/mol. The van der Waals surface area contributed by atoms with Crippen molar-refractivity contribution in [2.75, 3.05) is 23.3 Å². The van der Waals surface area contributed by atoms with E-state index < -0.39 is 11.8 Å². The summed E-state index contributed by atoms with van der Waals surface area (Å²) in [5.74, 6) is -2.99. The fourth-order valence-corrected chi connectivity index (χ4v) is 4.40. The maximum atomic E-state index is 13.4. The Morgan fingerprint density at radius 3 is 2.57 bits per heavy atom. The van der Waals surface area contributed by atoms with Crippen molar-refractivity contribution in [3.8, 4) is 0 Å². The fraction of sp³-hybridized carbons (Fsp3) is 0.526. The highest BCUT2D eigenvalue weighted by molar-refractivity contribution is 5.84. The number of anilines is 3. The highest BCUT2D eigenvalue weighted by Gasteiger charge is 2.64. The first-order valence-corrected chi connectivity index (χ1v) is 9.58. The van der Waals surface area contributed by atoms with Crippen LogP contribution >= 0.6 is 0 Å². The van der Waals surface area contributed by atoms with Crippen molar-refractivity contribution in [3.63, 3.8) is 0 Å². The van der Waals surface area contributed by atoms with Crippen molar-refractivity contribution in [2.24, 2.45) is 13.0 Å². The zero-order valence-corrected chi connectivity index (χ0v) is 15.6. The Hall–Kier alpha value is -2.71. The monoisotopic (exact) mass is 388 g/mol. The Labute approximate surface area is 161 Å². The Morgan fingerprint density at radius 1 is 1.25 bits per heavy atom. The molecule has 1 N–H and O–H groups in total. The minimum absolute atomic E-state index is 0.0249. The summed E-state index contributed by atoms with van der Waals surface area (Å²) in [6.07, 6.45) is 6.98. The third kappa shape index (κ3) is 2.98. The van der Waals surface area contributed by atoms with Crippen LogP contribution in [0.1, 0.15) is 19.3 Å². The van der Waals surface area contributed by atoms with Crippen LogP contribution in [0, 0.1) is 5.92 Å². The number of hydrogen-bond donors (Lipinski definition) is 1. The lowest BCUT2D eigenvalue weighted by atomic mass is 10.1. The number of amides is 1. The van der Waals surface area contributed by atoms with E-state index in [4.69, 9.17) is 0 Å². The third-order valence-corrected chi connectivity index (χ3v) is 5.91. The number of fused-ring (bicyclic) bond motifs is 2. The third-order valence-electron chi connectivity index (χ3n) is 5.91. The maximum absolute atomic E-state index is 13.4. The smallest absolute Gasteiger partial charge is 0.260 e. The second-order valence-corrected chi connectivity index (χ2v) is 7.98. The Morgan fingerprint density at radius 2 is 1.96 bits per heavy atom. The number of carbonyl (C=O) groups is 1. The van der Waals surface area contributed by atoms with E-state index in [1.54, 1.807) is 11.1 Å². The van der Waals surface area contributed by atoms with Gasteiger partial charge in [0, 0.05) is 57.2 Å². The van der Waals surface area contributed by atoms with E-state index in [-0.39, 0.29) is 24.4 Å². The van der Waals surface area contributed by atoms with Crippen LogP contribution in [0.3, 0.4) is 0 Å². The number of aromatic nitrogens is 3. The first-order chi connectivity index (χ1) is 13.4. The summed E-state index contributed by atoms with van der Waals surface area (Å²) in [6.45, 7) is 1.23. The molecule has 2 bridgehead atoms. The van der Waals surface area contributed by atoms with E-state index in [1.807, 2.05) is 36.1 Å². The molecule has 0 unspecified atom stereocenters. The van der Waals surface area contributed by atoms with Crippen LogP contribution in [0.25, 0.3) is 0 Å². The highest BCUT2D eigenvalue weighted by Crippen LogP contribution is 2.51. The molecule has 1 aliphatic carbocycles. The SMILES string of the molecule is Cn1ccc(Nc2nccc(N3C[C@H]4CC[C@@H](C3)N4C(=O)[C@@H]3CC3(F)F)n2)c1. The molecule has 3 aliphatic rings. The molecule has 3 atom stereocenters. The average molecular weight is 388 g/mol. The molecule has 0 aromatic carbocycles. The summed E-state index contributed by atoms with van der Waals surface area (Å²) >= 11 is 0. The lowest BCUT2D eigenvalue weighted by molar-refractivity contribution is -0.138. The van der Waals surface area contributed by atoms with Crippen LogP contribution in [0.15, 0.2) is 30.7 Å². The number of nitrogens with one attached hydrogen (secondary N) is 1. The van der Waals surface area contributed by atoms with Gasteiger partial charge < -0.3 is 19.7 Å². The van der Waals surface area contributed by atoms with Gasteiger partial charge in [-0.1, -0.05) is 0 Å². The number of piperazine rings is 1. The van der Waals surface area contributed by atoms with Gasteiger partial charge in [-0.05, 0) is 25.0 Å². The first kappa shape index (κ1) is 17.4. The summed E-state index contributed by atoms with van der Waals surface area (Å²) < 4.78 is 28.7. The van der Waals surface area contributed by atoms with Crippen LogP contribution in [-0.4, -0.2) is 56.4 Å². The minimum Gasteiger partial charge on any atom is -0.355 e. The van der Waals surface area contributed by atoms with Gasteiger partial charge in [-0.15, -0.1) is 0 Å². The van der Waals surface area contributed by atoms with E-state index in [2.05, 4.69) is 20.2 Å². The molecular formula is C19H22F2N6O. The lowest BCUT2D eigenvalue weighted by Crippen LogP contribution is -2.56. The van der Waals surface area contributed by atoms with Crippen LogP contribution < -0.4 is 10.2 Å². The zero-order chi connectivity index (χ0) is 19.5. The van der Waals surface area contributed by atoms with Gasteiger partial charge >= 0.3 is 0 Å². The van der Waals surface area contributed by atoms with Gasteiger partial charge in [0.1, 0.15) is 11.7 Å².